The molecule has 0 radical (unpaired) electrons. The Balaban J connectivity index is 2.06. The van der Waals surface area contributed by atoms with Gasteiger partial charge in [0.2, 0.25) is 0 Å². The number of hydrogen-bond donors (Lipinski definition) is 1. The standard InChI is InChI=1S/C12H18N2O4/c1-17-8-10-7-11(13-18-10)12(16)14(5-6-15)9-3-2-4-9/h7,9,15H,2-6,8H2,1H3. The zero-order valence-corrected chi connectivity index (χ0v) is 10.5. The molecule has 1 fully saturated rings. The number of nitrogens with zero attached hydrogens (tertiary/aromatic N) is 2. The minimum absolute atomic E-state index is 0.0367. The number of hydrogen-bond acceptors (Lipinski definition) is 5. The van der Waals surface area contributed by atoms with E-state index >= 15 is 0 Å². The van der Waals surface area contributed by atoms with Crippen molar-refractivity contribution in [1.29, 1.82) is 0 Å². The van der Waals surface area contributed by atoms with Crippen molar-refractivity contribution >= 4 is 5.91 Å². The molecule has 0 bridgehead atoms. The van der Waals surface area contributed by atoms with E-state index in [0.29, 0.717) is 18.9 Å². The van der Waals surface area contributed by atoms with Crippen molar-refractivity contribution in [2.45, 2.75) is 31.9 Å². The van der Waals surface area contributed by atoms with Crippen LogP contribution in [0.3, 0.4) is 0 Å². The van der Waals surface area contributed by atoms with Crippen molar-refractivity contribution in [1.82, 2.24) is 10.1 Å². The van der Waals surface area contributed by atoms with Crippen molar-refractivity contribution in [2.24, 2.45) is 0 Å². The fraction of sp³-hybridized carbons (Fsp3) is 0.667. The average molecular weight is 254 g/mol. The molecular formula is C12H18N2O4. The smallest absolute Gasteiger partial charge is 0.276 e. The number of carbonyl (C=O) groups excluding carboxylic acids is 1. The van der Waals surface area contributed by atoms with E-state index in [0.717, 1.165) is 19.3 Å². The molecule has 0 aromatic carbocycles. The van der Waals surface area contributed by atoms with Crippen LogP contribution in [0, 0.1) is 0 Å². The number of methoxy groups -OCH3 is 1. The molecule has 1 aromatic rings. The second-order valence-corrected chi connectivity index (χ2v) is 4.42. The molecule has 0 atom stereocenters. The molecule has 1 heterocycles. The van der Waals surface area contributed by atoms with Gasteiger partial charge in [-0.25, -0.2) is 0 Å². The van der Waals surface area contributed by atoms with Gasteiger partial charge in [-0.1, -0.05) is 5.16 Å². The van der Waals surface area contributed by atoms with E-state index < -0.39 is 0 Å². The Morgan fingerprint density at radius 3 is 3.00 bits per heavy atom. The van der Waals surface area contributed by atoms with Crippen LogP contribution in [0.25, 0.3) is 0 Å². The minimum atomic E-state index is -0.181. The predicted molar refractivity (Wildman–Crippen MR) is 63.0 cm³/mol. The normalized spacial score (nSPS) is 15.4. The van der Waals surface area contributed by atoms with Crippen molar-refractivity contribution < 1.29 is 19.2 Å². The van der Waals surface area contributed by atoms with Gasteiger partial charge in [-0.15, -0.1) is 0 Å². The van der Waals surface area contributed by atoms with E-state index in [-0.39, 0.29) is 24.2 Å². The third-order valence-corrected chi connectivity index (χ3v) is 3.18. The molecule has 2 rings (SSSR count). The summed E-state index contributed by atoms with van der Waals surface area (Å²) in [6.07, 6.45) is 3.12. The lowest BCUT2D eigenvalue weighted by molar-refractivity contribution is 0.0515. The zero-order valence-electron chi connectivity index (χ0n) is 10.5. The van der Waals surface area contributed by atoms with Crippen LogP contribution in [-0.4, -0.2) is 47.4 Å². The summed E-state index contributed by atoms with van der Waals surface area (Å²) in [5.41, 5.74) is 0.280. The Morgan fingerprint density at radius 1 is 1.67 bits per heavy atom. The van der Waals surface area contributed by atoms with Gasteiger partial charge in [-0.2, -0.15) is 0 Å². The Morgan fingerprint density at radius 2 is 2.44 bits per heavy atom. The highest BCUT2D eigenvalue weighted by Gasteiger charge is 2.30. The van der Waals surface area contributed by atoms with Gasteiger partial charge in [0.15, 0.2) is 11.5 Å². The lowest BCUT2D eigenvalue weighted by atomic mass is 9.91. The summed E-state index contributed by atoms with van der Waals surface area (Å²) >= 11 is 0. The van der Waals surface area contributed by atoms with E-state index in [2.05, 4.69) is 5.16 Å². The fourth-order valence-corrected chi connectivity index (χ4v) is 2.03. The Labute approximate surface area is 106 Å². The summed E-state index contributed by atoms with van der Waals surface area (Å²) in [6, 6.07) is 1.82. The summed E-state index contributed by atoms with van der Waals surface area (Å²) in [6.45, 7) is 0.602. The molecule has 6 heteroatoms. The Hall–Kier alpha value is -1.40. The van der Waals surface area contributed by atoms with E-state index in [1.54, 1.807) is 18.1 Å². The summed E-state index contributed by atoms with van der Waals surface area (Å²) < 4.78 is 9.91. The van der Waals surface area contributed by atoms with Crippen LogP contribution in [-0.2, 0) is 11.3 Å². The number of aliphatic hydroxyl groups excluding tert-OH is 1. The predicted octanol–water partition coefficient (Wildman–Crippen LogP) is 0.808. The van der Waals surface area contributed by atoms with Gasteiger partial charge in [-0.05, 0) is 19.3 Å². The van der Waals surface area contributed by atoms with Crippen LogP contribution in [0.2, 0.25) is 0 Å². The van der Waals surface area contributed by atoms with Gasteiger partial charge in [0, 0.05) is 25.8 Å². The van der Waals surface area contributed by atoms with Crippen LogP contribution >= 0.6 is 0 Å². The van der Waals surface area contributed by atoms with E-state index in [9.17, 15) is 4.79 Å². The van der Waals surface area contributed by atoms with Crippen LogP contribution in [0.15, 0.2) is 10.6 Å². The highest BCUT2D eigenvalue weighted by Crippen LogP contribution is 2.25. The zero-order chi connectivity index (χ0) is 13.0. The lowest BCUT2D eigenvalue weighted by Gasteiger charge is -2.36. The highest BCUT2D eigenvalue weighted by atomic mass is 16.5. The molecule has 0 aliphatic heterocycles. The quantitative estimate of drug-likeness (QED) is 0.813. The van der Waals surface area contributed by atoms with E-state index in [1.165, 1.54) is 0 Å². The van der Waals surface area contributed by atoms with Crippen molar-refractivity contribution in [3.63, 3.8) is 0 Å². The van der Waals surface area contributed by atoms with Gasteiger partial charge >= 0.3 is 0 Å². The topological polar surface area (TPSA) is 75.8 Å². The molecule has 100 valence electrons. The number of aromatic nitrogens is 1. The van der Waals surface area contributed by atoms with Crippen molar-refractivity contribution in [3.05, 3.63) is 17.5 Å². The molecule has 1 aromatic heterocycles. The van der Waals surface area contributed by atoms with Crippen molar-refractivity contribution in [2.75, 3.05) is 20.3 Å². The van der Waals surface area contributed by atoms with E-state index in [4.69, 9.17) is 14.4 Å². The molecule has 18 heavy (non-hydrogen) atoms. The molecule has 1 aliphatic carbocycles. The molecule has 0 unspecified atom stereocenters. The van der Waals surface area contributed by atoms with Gasteiger partial charge < -0.3 is 19.3 Å². The summed E-state index contributed by atoms with van der Waals surface area (Å²) in [4.78, 5) is 13.9. The number of carbonyl (C=O) groups is 1. The Bertz CT molecular complexity index is 401. The first-order chi connectivity index (χ1) is 8.76. The molecule has 1 aliphatic rings. The third-order valence-electron chi connectivity index (χ3n) is 3.18. The molecule has 1 saturated carbocycles. The summed E-state index contributed by atoms with van der Waals surface area (Å²) in [5, 5.41) is 12.8. The van der Waals surface area contributed by atoms with Crippen molar-refractivity contribution in [3.8, 4) is 0 Å². The molecular weight excluding hydrogens is 236 g/mol. The first-order valence-corrected chi connectivity index (χ1v) is 6.12. The maximum absolute atomic E-state index is 12.2. The second-order valence-electron chi connectivity index (χ2n) is 4.42. The van der Waals surface area contributed by atoms with E-state index in [1.807, 2.05) is 0 Å². The van der Waals surface area contributed by atoms with Gasteiger partial charge in [-0.3, -0.25) is 4.79 Å². The fourth-order valence-electron chi connectivity index (χ4n) is 2.03. The maximum atomic E-state index is 12.2. The van der Waals surface area contributed by atoms with Gasteiger partial charge in [0.05, 0.1) is 6.61 Å². The SMILES string of the molecule is COCc1cc(C(=O)N(CCO)C2CCC2)no1. The highest BCUT2D eigenvalue weighted by molar-refractivity contribution is 5.92. The molecule has 1 amide bonds. The largest absolute Gasteiger partial charge is 0.395 e. The number of rotatable bonds is 6. The third kappa shape index (κ3) is 2.70. The first kappa shape index (κ1) is 13.0. The molecule has 6 nitrogen and oxygen atoms in total. The average Bonchev–Trinajstić information content (AvgIpc) is 2.74. The van der Waals surface area contributed by atoms with Gasteiger partial charge in [0.1, 0.15) is 6.61 Å². The number of aliphatic hydroxyl groups is 1. The number of ether oxygens (including phenoxy) is 1. The summed E-state index contributed by atoms with van der Waals surface area (Å²) in [5.74, 6) is 0.346. The monoisotopic (exact) mass is 254 g/mol. The van der Waals surface area contributed by atoms with Crippen LogP contribution < -0.4 is 0 Å². The molecule has 1 N–H and O–H groups in total. The maximum Gasteiger partial charge on any atom is 0.276 e. The van der Waals surface area contributed by atoms with Crippen LogP contribution in [0.5, 0.6) is 0 Å². The number of amides is 1. The van der Waals surface area contributed by atoms with Crippen LogP contribution in [0.1, 0.15) is 35.5 Å². The van der Waals surface area contributed by atoms with Crippen LogP contribution in [0.4, 0.5) is 0 Å². The minimum Gasteiger partial charge on any atom is -0.395 e. The summed E-state index contributed by atoms with van der Waals surface area (Å²) in [7, 11) is 1.55. The molecule has 0 spiro atoms. The second kappa shape index (κ2) is 5.97. The molecule has 0 saturated heterocycles. The Kier molecular flexibility index (Phi) is 4.33. The first-order valence-electron chi connectivity index (χ1n) is 6.12. The lowest BCUT2D eigenvalue weighted by Crippen LogP contribution is -2.45. The van der Waals surface area contributed by atoms with Gasteiger partial charge in [0.25, 0.3) is 5.91 Å².